The van der Waals surface area contributed by atoms with E-state index in [0.717, 1.165) is 29.0 Å². The molecule has 2 aromatic carbocycles. The number of hydrogen-bond acceptors (Lipinski definition) is 4. The van der Waals surface area contributed by atoms with Gasteiger partial charge in [-0.25, -0.2) is 4.90 Å². The average molecular weight is 352 g/mol. The number of benzene rings is 2. The minimum atomic E-state index is -0.542. The maximum atomic E-state index is 12.8. The predicted molar refractivity (Wildman–Crippen MR) is 103 cm³/mol. The molecular formula is C21H24N2O3. The molecule has 1 fully saturated rings. The lowest BCUT2D eigenvalue weighted by atomic mass is 10.1. The van der Waals surface area contributed by atoms with Gasteiger partial charge in [-0.15, -0.1) is 0 Å². The van der Waals surface area contributed by atoms with E-state index < -0.39 is 6.04 Å². The molecule has 0 spiro atoms. The normalized spacial score (nSPS) is 16.9. The second-order valence-electron chi connectivity index (χ2n) is 6.63. The van der Waals surface area contributed by atoms with E-state index in [4.69, 9.17) is 4.74 Å². The summed E-state index contributed by atoms with van der Waals surface area (Å²) >= 11 is 0. The molecule has 2 aromatic rings. The number of nitrogens with one attached hydrogen (secondary N) is 1. The summed E-state index contributed by atoms with van der Waals surface area (Å²) in [6.07, 6.45) is 1.08. The first-order chi connectivity index (χ1) is 12.5. The van der Waals surface area contributed by atoms with Crippen molar-refractivity contribution in [3.63, 3.8) is 0 Å². The first kappa shape index (κ1) is 18.0. The smallest absolute Gasteiger partial charge is 0.256 e. The first-order valence-corrected chi connectivity index (χ1v) is 8.93. The quantitative estimate of drug-likeness (QED) is 0.803. The second kappa shape index (κ2) is 7.60. The highest BCUT2D eigenvalue weighted by Gasteiger charge is 2.39. The summed E-state index contributed by atoms with van der Waals surface area (Å²) in [4.78, 5) is 26.4. The number of carbonyl (C=O) groups is 2. The molecule has 1 aliphatic rings. The van der Waals surface area contributed by atoms with Crippen LogP contribution in [0.25, 0.3) is 0 Å². The number of anilines is 2. The van der Waals surface area contributed by atoms with Crippen LogP contribution in [-0.4, -0.2) is 24.5 Å². The van der Waals surface area contributed by atoms with Crippen molar-refractivity contribution >= 4 is 23.2 Å². The molecular weight excluding hydrogens is 328 g/mol. The van der Waals surface area contributed by atoms with Gasteiger partial charge in [-0.1, -0.05) is 24.6 Å². The number of rotatable bonds is 6. The Kier molecular flexibility index (Phi) is 5.26. The van der Waals surface area contributed by atoms with Crippen molar-refractivity contribution < 1.29 is 14.3 Å². The molecule has 1 N–H and O–H groups in total. The van der Waals surface area contributed by atoms with Crippen LogP contribution in [0.5, 0.6) is 5.75 Å². The molecule has 5 nitrogen and oxygen atoms in total. The molecule has 0 aliphatic carbocycles. The van der Waals surface area contributed by atoms with E-state index in [2.05, 4.69) is 11.4 Å². The van der Waals surface area contributed by atoms with Gasteiger partial charge in [0.05, 0.1) is 18.7 Å². The van der Waals surface area contributed by atoms with Crippen LogP contribution < -0.4 is 15.0 Å². The van der Waals surface area contributed by atoms with Crippen LogP contribution in [0, 0.1) is 13.8 Å². The summed E-state index contributed by atoms with van der Waals surface area (Å²) in [6, 6.07) is 12.5. The molecule has 1 atom stereocenters. The molecule has 5 heteroatoms. The Balaban J connectivity index is 1.74. The minimum Gasteiger partial charge on any atom is -0.494 e. The van der Waals surface area contributed by atoms with E-state index >= 15 is 0 Å². The maximum absolute atomic E-state index is 12.8. The number of nitrogens with zero attached hydrogens (tertiary/aromatic N) is 1. The van der Waals surface area contributed by atoms with Crippen LogP contribution in [0.4, 0.5) is 11.4 Å². The van der Waals surface area contributed by atoms with Crippen molar-refractivity contribution in [2.75, 3.05) is 16.8 Å². The number of aryl methyl sites for hydroxylation is 2. The van der Waals surface area contributed by atoms with Crippen LogP contribution in [0.15, 0.2) is 42.5 Å². The van der Waals surface area contributed by atoms with Crippen LogP contribution >= 0.6 is 0 Å². The van der Waals surface area contributed by atoms with Crippen molar-refractivity contribution in [2.24, 2.45) is 0 Å². The second-order valence-corrected chi connectivity index (χ2v) is 6.63. The highest BCUT2D eigenvalue weighted by Crippen LogP contribution is 2.27. The van der Waals surface area contributed by atoms with Gasteiger partial charge in [0, 0.05) is 5.69 Å². The molecule has 0 unspecified atom stereocenters. The summed E-state index contributed by atoms with van der Waals surface area (Å²) in [6.45, 7) is 6.70. The van der Waals surface area contributed by atoms with E-state index in [-0.39, 0.29) is 18.2 Å². The lowest BCUT2D eigenvalue weighted by molar-refractivity contribution is -0.121. The highest BCUT2D eigenvalue weighted by atomic mass is 16.5. The molecule has 1 aliphatic heterocycles. The molecule has 1 heterocycles. The Bertz CT molecular complexity index is 815. The summed E-state index contributed by atoms with van der Waals surface area (Å²) in [5.41, 5.74) is 3.68. The largest absolute Gasteiger partial charge is 0.494 e. The zero-order valence-corrected chi connectivity index (χ0v) is 15.4. The molecule has 1 saturated heterocycles. The van der Waals surface area contributed by atoms with Gasteiger partial charge >= 0.3 is 0 Å². The van der Waals surface area contributed by atoms with E-state index in [1.807, 2.05) is 32.9 Å². The van der Waals surface area contributed by atoms with Gasteiger partial charge in [0.1, 0.15) is 11.8 Å². The van der Waals surface area contributed by atoms with Gasteiger partial charge in [0.25, 0.3) is 5.91 Å². The van der Waals surface area contributed by atoms with E-state index in [9.17, 15) is 9.59 Å². The van der Waals surface area contributed by atoms with Crippen molar-refractivity contribution in [1.29, 1.82) is 0 Å². The third-order valence-electron chi connectivity index (χ3n) is 4.43. The fraction of sp³-hybridized carbons (Fsp3) is 0.333. The Hall–Kier alpha value is -2.82. The van der Waals surface area contributed by atoms with Crippen molar-refractivity contribution in [2.45, 2.75) is 39.7 Å². The van der Waals surface area contributed by atoms with Crippen molar-refractivity contribution in [1.82, 2.24) is 0 Å². The third-order valence-corrected chi connectivity index (χ3v) is 4.43. The summed E-state index contributed by atoms with van der Waals surface area (Å²) < 4.78 is 5.55. The van der Waals surface area contributed by atoms with Gasteiger partial charge in [-0.2, -0.15) is 0 Å². The minimum absolute atomic E-state index is 0.153. The lowest BCUT2D eigenvalue weighted by Crippen LogP contribution is -2.34. The SMILES string of the molecule is CCCOc1ccc(N2C(=O)C[C@H](Nc3ccc(C)cc3C)C2=O)cc1. The predicted octanol–water partition coefficient (Wildman–Crippen LogP) is 3.84. The summed E-state index contributed by atoms with van der Waals surface area (Å²) in [7, 11) is 0. The van der Waals surface area contributed by atoms with Gasteiger partial charge in [0.2, 0.25) is 5.91 Å². The molecule has 0 aromatic heterocycles. The van der Waals surface area contributed by atoms with E-state index in [1.165, 1.54) is 4.90 Å². The summed E-state index contributed by atoms with van der Waals surface area (Å²) in [5.74, 6) is 0.316. The van der Waals surface area contributed by atoms with Crippen LogP contribution in [-0.2, 0) is 9.59 Å². The zero-order chi connectivity index (χ0) is 18.7. The molecule has 26 heavy (non-hydrogen) atoms. The fourth-order valence-electron chi connectivity index (χ4n) is 3.09. The highest BCUT2D eigenvalue weighted by molar-refractivity contribution is 6.23. The standard InChI is InChI=1S/C21H24N2O3/c1-4-11-26-17-8-6-16(7-9-17)23-20(24)13-19(21(23)25)22-18-10-5-14(2)12-15(18)3/h5-10,12,19,22H,4,11,13H2,1-3H3/t19-/m0/s1. The Labute approximate surface area is 154 Å². The van der Waals surface area contributed by atoms with Crippen molar-refractivity contribution in [3.8, 4) is 5.75 Å². The molecule has 136 valence electrons. The van der Waals surface area contributed by atoms with Gasteiger partial charge in [-0.05, 0) is 56.2 Å². The van der Waals surface area contributed by atoms with Crippen molar-refractivity contribution in [3.05, 3.63) is 53.6 Å². The van der Waals surface area contributed by atoms with Crippen LogP contribution in [0.3, 0.4) is 0 Å². The zero-order valence-electron chi connectivity index (χ0n) is 15.4. The van der Waals surface area contributed by atoms with Gasteiger partial charge in [0.15, 0.2) is 0 Å². The molecule has 3 rings (SSSR count). The number of imide groups is 1. The molecule has 0 saturated carbocycles. The van der Waals surface area contributed by atoms with Crippen LogP contribution in [0.1, 0.15) is 30.9 Å². The summed E-state index contributed by atoms with van der Waals surface area (Å²) in [5, 5.41) is 3.22. The molecule has 2 amide bonds. The fourth-order valence-corrected chi connectivity index (χ4v) is 3.09. The average Bonchev–Trinajstić information content (AvgIpc) is 2.90. The first-order valence-electron chi connectivity index (χ1n) is 8.93. The molecule has 0 bridgehead atoms. The number of amides is 2. The number of ether oxygens (including phenoxy) is 1. The number of hydrogen-bond donors (Lipinski definition) is 1. The third kappa shape index (κ3) is 3.72. The van der Waals surface area contributed by atoms with E-state index in [0.29, 0.717) is 12.3 Å². The monoisotopic (exact) mass is 352 g/mol. The Morgan fingerprint density at radius 2 is 1.85 bits per heavy atom. The molecule has 0 radical (unpaired) electrons. The van der Waals surface area contributed by atoms with Gasteiger partial charge < -0.3 is 10.1 Å². The maximum Gasteiger partial charge on any atom is 0.256 e. The lowest BCUT2D eigenvalue weighted by Gasteiger charge is -2.17. The van der Waals surface area contributed by atoms with Gasteiger partial charge in [-0.3, -0.25) is 9.59 Å². The Morgan fingerprint density at radius 3 is 2.50 bits per heavy atom. The Morgan fingerprint density at radius 1 is 1.12 bits per heavy atom. The number of carbonyl (C=O) groups excluding carboxylic acids is 2. The topological polar surface area (TPSA) is 58.6 Å². The van der Waals surface area contributed by atoms with E-state index in [1.54, 1.807) is 24.3 Å². The van der Waals surface area contributed by atoms with Crippen LogP contribution in [0.2, 0.25) is 0 Å².